The summed E-state index contributed by atoms with van der Waals surface area (Å²) in [6, 6.07) is 12.6. The molecule has 0 saturated carbocycles. The van der Waals surface area contributed by atoms with E-state index in [0.29, 0.717) is 5.92 Å². The highest BCUT2D eigenvalue weighted by Gasteiger charge is 2.05. The minimum absolute atomic E-state index is 0.387. The number of rotatable bonds is 1. The monoisotopic (exact) mass is 302 g/mol. The predicted molar refractivity (Wildman–Crippen MR) is 98.8 cm³/mol. The van der Waals surface area contributed by atoms with Crippen molar-refractivity contribution < 1.29 is 0 Å². The number of fused-ring (bicyclic) bond motifs is 4. The van der Waals surface area contributed by atoms with E-state index in [1.54, 1.807) is 0 Å². The molecule has 1 aliphatic rings. The van der Waals surface area contributed by atoms with E-state index in [1.165, 1.54) is 16.7 Å². The van der Waals surface area contributed by atoms with E-state index in [9.17, 15) is 0 Å². The number of pyridine rings is 1. The van der Waals surface area contributed by atoms with Crippen molar-refractivity contribution in [3.8, 4) is 0 Å². The average molecular weight is 302 g/mol. The number of hydrogen-bond acceptors (Lipinski definition) is 2. The van der Waals surface area contributed by atoms with E-state index in [1.807, 2.05) is 12.3 Å². The lowest BCUT2D eigenvalue weighted by molar-refractivity contribution is 0.706. The molecule has 2 aromatic rings. The highest BCUT2D eigenvalue weighted by molar-refractivity contribution is 5.63. The van der Waals surface area contributed by atoms with Crippen molar-refractivity contribution in [3.63, 3.8) is 0 Å². The van der Waals surface area contributed by atoms with Crippen molar-refractivity contribution in [1.29, 1.82) is 0 Å². The largest absolute Gasteiger partial charge is 0.340 e. The molecule has 1 aromatic carbocycles. The Kier molecular flexibility index (Phi) is 4.72. The first kappa shape index (κ1) is 15.3. The SMILES string of the molecule is C=CC1C=C(C)C=Cc2cccc(c2)Nc2cc(ccn2)CC1. The van der Waals surface area contributed by atoms with E-state index in [-0.39, 0.29) is 0 Å². The molecule has 0 amide bonds. The number of benzene rings is 1. The van der Waals surface area contributed by atoms with Crippen molar-refractivity contribution in [2.45, 2.75) is 19.8 Å². The quantitative estimate of drug-likeness (QED) is 0.700. The average Bonchev–Trinajstić information content (AvgIpc) is 2.57. The highest BCUT2D eigenvalue weighted by atomic mass is 15.0. The van der Waals surface area contributed by atoms with Gasteiger partial charge in [0.05, 0.1) is 0 Å². The van der Waals surface area contributed by atoms with Gasteiger partial charge in [-0.05, 0) is 61.1 Å². The maximum Gasteiger partial charge on any atom is 0.130 e. The van der Waals surface area contributed by atoms with Gasteiger partial charge in [0.1, 0.15) is 5.82 Å². The van der Waals surface area contributed by atoms with Crippen LogP contribution in [-0.2, 0) is 6.42 Å². The molecule has 23 heavy (non-hydrogen) atoms. The summed E-state index contributed by atoms with van der Waals surface area (Å²) in [5.74, 6) is 1.28. The van der Waals surface area contributed by atoms with Gasteiger partial charge in [-0.3, -0.25) is 0 Å². The molecule has 0 fully saturated rings. The fourth-order valence-corrected chi connectivity index (χ4v) is 2.79. The summed E-state index contributed by atoms with van der Waals surface area (Å²) >= 11 is 0. The summed E-state index contributed by atoms with van der Waals surface area (Å²) in [5.41, 5.74) is 4.79. The second-order valence-corrected chi connectivity index (χ2v) is 5.98. The van der Waals surface area contributed by atoms with Crippen LogP contribution >= 0.6 is 0 Å². The van der Waals surface area contributed by atoms with Crippen LogP contribution in [0.2, 0.25) is 0 Å². The lowest BCUT2D eigenvalue weighted by atomic mass is 9.97. The first-order valence-corrected chi connectivity index (χ1v) is 8.04. The standard InChI is InChI=1S/C21H22N2/c1-3-17-9-10-19-11-12-22-21(15-19)23-20-6-4-5-18(14-20)8-7-16(2)13-17/h3-8,11-15,17H,1,9-10H2,2H3,(H,22,23). The maximum atomic E-state index is 4.42. The van der Waals surface area contributed by atoms with Crippen molar-refractivity contribution >= 4 is 17.6 Å². The van der Waals surface area contributed by atoms with Gasteiger partial charge in [-0.15, -0.1) is 6.58 Å². The number of nitrogens with one attached hydrogen (secondary N) is 1. The number of nitrogens with zero attached hydrogens (tertiary/aromatic N) is 1. The van der Waals surface area contributed by atoms with Crippen molar-refractivity contribution in [1.82, 2.24) is 4.98 Å². The fraction of sp³-hybridized carbons (Fsp3) is 0.190. The lowest BCUT2D eigenvalue weighted by Crippen LogP contribution is -1.99. The van der Waals surface area contributed by atoms with Gasteiger partial charge < -0.3 is 5.32 Å². The molecule has 116 valence electrons. The number of aromatic nitrogens is 1. The van der Waals surface area contributed by atoms with E-state index >= 15 is 0 Å². The van der Waals surface area contributed by atoms with Crippen LogP contribution in [-0.4, -0.2) is 4.98 Å². The molecule has 4 bridgehead atoms. The molecule has 0 radical (unpaired) electrons. The third-order valence-corrected chi connectivity index (χ3v) is 4.07. The lowest BCUT2D eigenvalue weighted by Gasteiger charge is -2.12. The normalized spacial score (nSPS) is 17.6. The van der Waals surface area contributed by atoms with Crippen LogP contribution in [0.3, 0.4) is 0 Å². The first-order valence-electron chi connectivity index (χ1n) is 8.04. The van der Waals surface area contributed by atoms with Gasteiger partial charge in [0.2, 0.25) is 0 Å². The third kappa shape index (κ3) is 4.19. The van der Waals surface area contributed by atoms with Crippen LogP contribution in [0.15, 0.2) is 73.0 Å². The summed E-state index contributed by atoms with van der Waals surface area (Å²) < 4.78 is 0. The molecular formula is C21H22N2. The number of anilines is 2. The fourth-order valence-electron chi connectivity index (χ4n) is 2.79. The highest BCUT2D eigenvalue weighted by Crippen LogP contribution is 2.21. The summed E-state index contributed by atoms with van der Waals surface area (Å²) in [7, 11) is 0. The molecule has 1 N–H and O–H groups in total. The zero-order valence-electron chi connectivity index (χ0n) is 13.5. The van der Waals surface area contributed by atoms with Crippen LogP contribution in [0.5, 0.6) is 0 Å². The zero-order valence-corrected chi connectivity index (χ0v) is 13.5. The Hall–Kier alpha value is -2.61. The van der Waals surface area contributed by atoms with Gasteiger partial charge in [0, 0.05) is 11.9 Å². The smallest absolute Gasteiger partial charge is 0.130 e. The number of allylic oxidation sites excluding steroid dienone is 4. The van der Waals surface area contributed by atoms with Gasteiger partial charge in [-0.25, -0.2) is 4.98 Å². The van der Waals surface area contributed by atoms with E-state index in [0.717, 1.165) is 24.3 Å². The second kappa shape index (κ2) is 7.10. The molecule has 0 spiro atoms. The summed E-state index contributed by atoms with van der Waals surface area (Å²) in [5, 5.41) is 3.39. The topological polar surface area (TPSA) is 24.9 Å². The Labute approximate surface area is 138 Å². The Balaban J connectivity index is 2.01. The van der Waals surface area contributed by atoms with Crippen molar-refractivity contribution in [2.24, 2.45) is 5.92 Å². The van der Waals surface area contributed by atoms with Gasteiger partial charge in [0.15, 0.2) is 0 Å². The van der Waals surface area contributed by atoms with E-state index < -0.39 is 0 Å². The first-order chi connectivity index (χ1) is 11.2. The van der Waals surface area contributed by atoms with Crippen LogP contribution < -0.4 is 5.32 Å². The van der Waals surface area contributed by atoms with Crippen LogP contribution in [0.4, 0.5) is 11.5 Å². The van der Waals surface area contributed by atoms with E-state index in [4.69, 9.17) is 0 Å². The molecule has 1 aromatic heterocycles. The number of hydrogen-bond donors (Lipinski definition) is 1. The molecule has 2 heterocycles. The molecular weight excluding hydrogens is 280 g/mol. The Morgan fingerprint density at radius 2 is 2.13 bits per heavy atom. The molecule has 1 aliphatic heterocycles. The van der Waals surface area contributed by atoms with Gasteiger partial charge >= 0.3 is 0 Å². The zero-order chi connectivity index (χ0) is 16.1. The molecule has 2 nitrogen and oxygen atoms in total. The minimum Gasteiger partial charge on any atom is -0.340 e. The van der Waals surface area contributed by atoms with Crippen LogP contribution in [0, 0.1) is 5.92 Å². The van der Waals surface area contributed by atoms with Gasteiger partial charge in [-0.1, -0.05) is 42.0 Å². The summed E-state index contributed by atoms with van der Waals surface area (Å²) in [4.78, 5) is 4.42. The van der Waals surface area contributed by atoms with Crippen molar-refractivity contribution in [2.75, 3.05) is 5.32 Å². The van der Waals surface area contributed by atoms with Crippen LogP contribution in [0.25, 0.3) is 6.08 Å². The summed E-state index contributed by atoms with van der Waals surface area (Å²) in [6.45, 7) is 6.12. The molecule has 3 rings (SSSR count). The molecule has 0 aliphatic carbocycles. The Bertz CT molecular complexity index is 756. The van der Waals surface area contributed by atoms with Crippen LogP contribution in [0.1, 0.15) is 24.5 Å². The summed E-state index contributed by atoms with van der Waals surface area (Å²) in [6.07, 6.45) is 12.6. The molecule has 1 unspecified atom stereocenters. The third-order valence-electron chi connectivity index (χ3n) is 4.07. The van der Waals surface area contributed by atoms with Gasteiger partial charge in [-0.2, -0.15) is 0 Å². The van der Waals surface area contributed by atoms with Gasteiger partial charge in [0.25, 0.3) is 0 Å². The van der Waals surface area contributed by atoms with Crippen molar-refractivity contribution in [3.05, 3.63) is 84.1 Å². The Morgan fingerprint density at radius 1 is 1.22 bits per heavy atom. The van der Waals surface area contributed by atoms with E-state index in [2.05, 4.69) is 78.4 Å². The second-order valence-electron chi connectivity index (χ2n) is 5.98. The molecule has 2 heteroatoms. The molecule has 0 saturated heterocycles. The maximum absolute atomic E-state index is 4.42. The predicted octanol–water partition coefficient (Wildman–Crippen LogP) is 5.53. The Morgan fingerprint density at radius 3 is 3.00 bits per heavy atom. The minimum atomic E-state index is 0.387. The number of aryl methyl sites for hydroxylation is 1. The molecule has 1 atom stereocenters.